The molecule has 0 amide bonds. The molecule has 0 aliphatic rings. The first kappa shape index (κ1) is 17.9. The van der Waals surface area contributed by atoms with Crippen molar-refractivity contribution in [2.24, 2.45) is 0 Å². The van der Waals surface area contributed by atoms with Crippen molar-refractivity contribution in [3.8, 4) is 0 Å². The van der Waals surface area contributed by atoms with Gasteiger partial charge in [-0.1, -0.05) is 0 Å². The second-order valence-corrected chi connectivity index (χ2v) is 6.02. The number of hydrogen-bond donors (Lipinski definition) is 6. The predicted octanol–water partition coefficient (Wildman–Crippen LogP) is -2.45. The third-order valence-corrected chi connectivity index (χ3v) is 0. The van der Waals surface area contributed by atoms with Gasteiger partial charge in [-0.15, -0.1) is 0 Å². The lowest BCUT2D eigenvalue weighted by Crippen LogP contribution is -1.65. The Hall–Kier alpha value is 1.02. The van der Waals surface area contributed by atoms with Crippen molar-refractivity contribution in [2.75, 3.05) is 0 Å². The lowest BCUT2D eigenvalue weighted by molar-refractivity contribution is 0.361. The molecule has 0 radical (unpaired) electrons. The molecule has 0 saturated carbocycles. The van der Waals surface area contributed by atoms with Crippen LogP contribution in [0, 0.1) is 0 Å². The van der Waals surface area contributed by atoms with Crippen LogP contribution in [-0.2, 0) is 23.6 Å². The molecule has 11 heavy (non-hydrogen) atoms. The lowest BCUT2D eigenvalue weighted by Gasteiger charge is -1.88. The van der Waals surface area contributed by atoms with Gasteiger partial charge < -0.3 is 34.8 Å². The van der Waals surface area contributed by atoms with E-state index in [-0.39, 0.29) is 5.48 Å². The van der Waals surface area contributed by atoms with Crippen LogP contribution in [0.1, 0.15) is 0 Å². The van der Waals surface area contributed by atoms with Crippen molar-refractivity contribution in [3.05, 3.63) is 0 Å². The molecule has 0 aliphatic carbocycles. The monoisotopic (exact) mass is 246 g/mol. The second kappa shape index (κ2) is 6.53. The summed E-state index contributed by atoms with van der Waals surface area (Å²) in [5.41, 5.74) is 0. The summed E-state index contributed by atoms with van der Waals surface area (Å²) in [5.74, 6) is 0. The van der Waals surface area contributed by atoms with Gasteiger partial charge in [0.05, 0.1) is 0 Å². The van der Waals surface area contributed by atoms with Crippen molar-refractivity contribution < 1.29 is 34.8 Å². The Balaban J connectivity index is -0.000000107. The summed E-state index contributed by atoms with van der Waals surface area (Å²) >= 11 is 7.21. The molecule has 8 N–H and O–H groups in total. The molecule has 0 bridgehead atoms. The molecule has 0 unspecified atom stereocenters. The Kier molecular flexibility index (Phi) is 10.6. The Labute approximate surface area is 72.4 Å². The van der Waals surface area contributed by atoms with Crippen LogP contribution in [0.5, 0.6) is 0 Å². The van der Waals surface area contributed by atoms with Gasteiger partial charge in [0.1, 0.15) is 0 Å². The fourth-order valence-corrected chi connectivity index (χ4v) is 0. The third-order valence-electron chi connectivity index (χ3n) is 0. The Morgan fingerprint density at radius 3 is 0.636 bits per heavy atom. The molecule has 0 aromatic rings. The molecule has 0 rings (SSSR count). The van der Waals surface area contributed by atoms with Crippen LogP contribution in [0.3, 0.4) is 0 Å². The first-order valence-corrected chi connectivity index (χ1v) is 6.89. The molecule has 72 valence electrons. The summed E-state index contributed by atoms with van der Waals surface area (Å²) in [6.45, 7) is -7.61. The maximum absolute atomic E-state index is 7.56. The van der Waals surface area contributed by atoms with E-state index in [1.54, 1.807) is 0 Å². The van der Waals surface area contributed by atoms with Crippen LogP contribution >= 0.6 is 13.4 Å². The van der Waals surface area contributed by atoms with Gasteiger partial charge in [0, 0.05) is 0 Å². The van der Waals surface area contributed by atoms with Gasteiger partial charge in [-0.2, -0.15) is 0 Å². The summed E-state index contributed by atoms with van der Waals surface area (Å²) in [5, 5.41) is 0. The highest BCUT2D eigenvalue weighted by molar-refractivity contribution is 8.06. The maximum Gasteiger partial charge on any atom is 0.319 e. The van der Waals surface area contributed by atoms with Crippen molar-refractivity contribution >= 4 is 37.1 Å². The highest BCUT2D eigenvalue weighted by Gasteiger charge is 1.92. The molecule has 11 heteroatoms. The zero-order valence-corrected chi connectivity index (χ0v) is 8.32. The van der Waals surface area contributed by atoms with E-state index >= 15 is 0 Å². The highest BCUT2D eigenvalue weighted by atomic mass is 32.5. The topological polar surface area (TPSA) is 153 Å². The van der Waals surface area contributed by atoms with Crippen molar-refractivity contribution in [2.45, 2.75) is 0 Å². The van der Waals surface area contributed by atoms with Crippen molar-refractivity contribution in [1.82, 2.24) is 0 Å². The third kappa shape index (κ3) is 862. The molecule has 0 aliphatic heterocycles. The van der Waals surface area contributed by atoms with E-state index in [9.17, 15) is 0 Å². The van der Waals surface area contributed by atoms with E-state index < -0.39 is 13.4 Å². The molecule has 7 nitrogen and oxygen atoms in total. The summed E-state index contributed by atoms with van der Waals surface area (Å²) in [7, 11) is 0. The lowest BCUT2D eigenvalue weighted by atomic mass is 15.8. The zero-order chi connectivity index (χ0) is 9.00. The maximum atomic E-state index is 7.56. The van der Waals surface area contributed by atoms with E-state index in [2.05, 4.69) is 23.6 Å². The van der Waals surface area contributed by atoms with E-state index in [1.165, 1.54) is 0 Å². The standard InChI is InChI=1S/2H3O3PS.H2O/c2*1-4(2,3)5;/h2*(H3,1,2,3,5);1H2. The van der Waals surface area contributed by atoms with E-state index in [4.69, 9.17) is 29.4 Å². The Morgan fingerprint density at radius 1 is 0.636 bits per heavy atom. The predicted molar refractivity (Wildman–Crippen MR) is 45.5 cm³/mol. The van der Waals surface area contributed by atoms with Gasteiger partial charge in [0.25, 0.3) is 0 Å². The normalized spacial score (nSPS) is 10.7. The second-order valence-electron chi connectivity index (χ2n) is 1.03. The first-order valence-electron chi connectivity index (χ1n) is 1.57. The van der Waals surface area contributed by atoms with Gasteiger partial charge in [-0.3, -0.25) is 0 Å². The van der Waals surface area contributed by atoms with Crippen LogP contribution in [0.4, 0.5) is 0 Å². The molecule has 0 fully saturated rings. The van der Waals surface area contributed by atoms with E-state index in [0.717, 1.165) is 0 Å². The van der Waals surface area contributed by atoms with Crippen LogP contribution in [0.15, 0.2) is 0 Å². The molecule has 0 atom stereocenters. The quantitative estimate of drug-likeness (QED) is 0.257. The largest absolute Gasteiger partial charge is 0.412 e. The minimum absolute atomic E-state index is 0. The summed E-state index contributed by atoms with van der Waals surface area (Å²) in [4.78, 5) is 45.3. The molecule has 0 saturated heterocycles. The van der Waals surface area contributed by atoms with E-state index in [0.29, 0.717) is 0 Å². The number of hydrogen-bond acceptors (Lipinski definition) is 2. The molecular weight excluding hydrogens is 238 g/mol. The Bertz CT molecular complexity index is 127. The SMILES string of the molecule is O.OP(O)(O)=S.OP(O)(O)=S. The minimum atomic E-state index is -3.81. The van der Waals surface area contributed by atoms with Crippen molar-refractivity contribution in [1.29, 1.82) is 0 Å². The van der Waals surface area contributed by atoms with E-state index in [1.807, 2.05) is 0 Å². The summed E-state index contributed by atoms with van der Waals surface area (Å²) in [6, 6.07) is 0. The minimum Gasteiger partial charge on any atom is -0.412 e. The van der Waals surface area contributed by atoms with Crippen LogP contribution in [0.25, 0.3) is 0 Å². The number of rotatable bonds is 0. The molecule has 0 aromatic carbocycles. The van der Waals surface area contributed by atoms with Crippen LogP contribution in [0.2, 0.25) is 0 Å². The molecular formula is H8O7P2S2. The van der Waals surface area contributed by atoms with Crippen LogP contribution in [-0.4, -0.2) is 34.8 Å². The summed E-state index contributed by atoms with van der Waals surface area (Å²) < 4.78 is 0. The van der Waals surface area contributed by atoms with Gasteiger partial charge >= 0.3 is 13.4 Å². The van der Waals surface area contributed by atoms with Crippen LogP contribution < -0.4 is 0 Å². The molecule has 0 heterocycles. The Morgan fingerprint density at radius 2 is 0.636 bits per heavy atom. The smallest absolute Gasteiger partial charge is 0.319 e. The summed E-state index contributed by atoms with van der Waals surface area (Å²) in [6.07, 6.45) is 0. The zero-order valence-electron chi connectivity index (χ0n) is 4.89. The van der Waals surface area contributed by atoms with Gasteiger partial charge in [-0.25, -0.2) is 0 Å². The van der Waals surface area contributed by atoms with Crippen molar-refractivity contribution in [3.63, 3.8) is 0 Å². The van der Waals surface area contributed by atoms with Gasteiger partial charge in [-0.05, 0) is 23.6 Å². The first-order chi connectivity index (χ1) is 4.00. The average molecular weight is 246 g/mol. The van der Waals surface area contributed by atoms with Gasteiger partial charge in [0.2, 0.25) is 0 Å². The fraction of sp³-hybridized carbons (Fsp3) is 0. The molecule has 0 spiro atoms. The van der Waals surface area contributed by atoms with Gasteiger partial charge in [0.15, 0.2) is 0 Å². The molecule has 0 aromatic heterocycles. The highest BCUT2D eigenvalue weighted by Crippen LogP contribution is 2.26. The fourth-order valence-electron chi connectivity index (χ4n) is 0. The average Bonchev–Trinajstić information content (AvgIpc) is 1.12.